The quantitative estimate of drug-likeness (QED) is 0.303. The molecule has 0 unspecified atom stereocenters. The molecule has 2 aromatic carbocycles. The number of nitro groups is 1. The summed E-state index contributed by atoms with van der Waals surface area (Å²) in [6, 6.07) is 13.0. The first-order valence-electron chi connectivity index (χ1n) is 8.16. The summed E-state index contributed by atoms with van der Waals surface area (Å²) in [6.45, 7) is 0.335. The highest BCUT2D eigenvalue weighted by molar-refractivity contribution is 6.33. The third-order valence-electron chi connectivity index (χ3n) is 3.76. The summed E-state index contributed by atoms with van der Waals surface area (Å²) in [5, 5.41) is 25.6. The van der Waals surface area contributed by atoms with Gasteiger partial charge in [-0.25, -0.2) is 0 Å². The zero-order valence-corrected chi connectivity index (χ0v) is 15.7. The van der Waals surface area contributed by atoms with Gasteiger partial charge in [0.15, 0.2) is 0 Å². The van der Waals surface area contributed by atoms with E-state index in [1.807, 2.05) is 24.3 Å². The van der Waals surface area contributed by atoms with Gasteiger partial charge in [-0.2, -0.15) is 5.26 Å². The molecule has 0 aliphatic carbocycles. The molecule has 0 radical (unpaired) electrons. The molecule has 0 saturated carbocycles. The zero-order valence-electron chi connectivity index (χ0n) is 14.9. The van der Waals surface area contributed by atoms with Crippen LogP contribution in [0.2, 0.25) is 5.02 Å². The molecule has 2 aromatic rings. The maximum absolute atomic E-state index is 12.1. The van der Waals surface area contributed by atoms with Gasteiger partial charge in [0.25, 0.3) is 11.6 Å². The molecular formula is C19H17ClN4O4. The number of amides is 1. The lowest BCUT2D eigenvalue weighted by molar-refractivity contribution is -0.384. The van der Waals surface area contributed by atoms with Crippen LogP contribution in [-0.4, -0.2) is 24.5 Å². The van der Waals surface area contributed by atoms with E-state index in [1.165, 1.54) is 18.2 Å². The van der Waals surface area contributed by atoms with E-state index in [-0.39, 0.29) is 22.0 Å². The average Bonchev–Trinajstić information content (AvgIpc) is 2.70. The molecule has 0 aliphatic rings. The number of carbonyl (C=O) groups is 1. The van der Waals surface area contributed by atoms with Crippen LogP contribution >= 0.6 is 11.6 Å². The number of non-ortho nitro benzene ring substituents is 1. The molecule has 0 fully saturated rings. The molecule has 0 heterocycles. The maximum Gasteiger partial charge on any atom is 0.271 e. The molecule has 0 atom stereocenters. The van der Waals surface area contributed by atoms with Gasteiger partial charge in [0, 0.05) is 24.9 Å². The number of carbonyl (C=O) groups excluding carboxylic acids is 1. The number of nitrogens with zero attached hydrogens (tertiary/aromatic N) is 2. The van der Waals surface area contributed by atoms with Crippen LogP contribution in [0.1, 0.15) is 5.56 Å². The highest BCUT2D eigenvalue weighted by Crippen LogP contribution is 2.26. The lowest BCUT2D eigenvalue weighted by atomic mass is 10.1. The summed E-state index contributed by atoms with van der Waals surface area (Å²) in [6.07, 6.45) is 1.74. The van der Waals surface area contributed by atoms with E-state index in [1.54, 1.807) is 13.2 Å². The lowest BCUT2D eigenvalue weighted by Crippen LogP contribution is -2.27. The van der Waals surface area contributed by atoms with E-state index in [0.717, 1.165) is 17.5 Å². The minimum atomic E-state index is -0.567. The van der Waals surface area contributed by atoms with Gasteiger partial charge in [0.05, 0.1) is 22.7 Å². The van der Waals surface area contributed by atoms with Gasteiger partial charge in [-0.3, -0.25) is 14.9 Å². The van der Waals surface area contributed by atoms with E-state index >= 15 is 0 Å². The second-order valence-corrected chi connectivity index (χ2v) is 6.00. The fraction of sp³-hybridized carbons (Fsp3) is 0.158. The minimum Gasteiger partial charge on any atom is -0.497 e. The molecule has 0 aromatic heterocycles. The molecule has 8 nitrogen and oxygen atoms in total. The Kier molecular flexibility index (Phi) is 7.37. The number of nitrogens with one attached hydrogen (secondary N) is 2. The summed E-state index contributed by atoms with van der Waals surface area (Å²) in [4.78, 5) is 22.4. The second-order valence-electron chi connectivity index (χ2n) is 5.59. The number of ether oxygens (including phenoxy) is 1. The number of rotatable bonds is 8. The van der Waals surface area contributed by atoms with Crippen LogP contribution in [0.4, 0.5) is 11.4 Å². The predicted octanol–water partition coefficient (Wildman–Crippen LogP) is 3.44. The van der Waals surface area contributed by atoms with Gasteiger partial charge in [-0.1, -0.05) is 23.7 Å². The van der Waals surface area contributed by atoms with Gasteiger partial charge in [-0.05, 0) is 30.2 Å². The Labute approximate surface area is 166 Å². The van der Waals surface area contributed by atoms with E-state index in [2.05, 4.69) is 10.6 Å². The van der Waals surface area contributed by atoms with Crippen LogP contribution in [0.3, 0.4) is 0 Å². The van der Waals surface area contributed by atoms with Crippen molar-refractivity contribution >= 4 is 28.9 Å². The van der Waals surface area contributed by atoms with Crippen molar-refractivity contribution in [3.05, 3.63) is 74.9 Å². The molecule has 1 amide bonds. The van der Waals surface area contributed by atoms with E-state index in [4.69, 9.17) is 16.3 Å². The van der Waals surface area contributed by atoms with Crippen LogP contribution in [0.15, 0.2) is 54.2 Å². The molecule has 2 rings (SSSR count). The van der Waals surface area contributed by atoms with Gasteiger partial charge in [0.1, 0.15) is 17.4 Å². The summed E-state index contributed by atoms with van der Waals surface area (Å²) < 4.78 is 5.08. The summed E-state index contributed by atoms with van der Waals surface area (Å²) >= 11 is 5.97. The second kappa shape index (κ2) is 9.94. The first kappa shape index (κ1) is 20.7. The van der Waals surface area contributed by atoms with Crippen molar-refractivity contribution in [1.82, 2.24) is 5.32 Å². The number of anilines is 1. The van der Waals surface area contributed by atoms with Gasteiger partial charge < -0.3 is 15.4 Å². The van der Waals surface area contributed by atoms with E-state index in [0.29, 0.717) is 13.0 Å². The van der Waals surface area contributed by atoms with Gasteiger partial charge >= 0.3 is 0 Å². The third kappa shape index (κ3) is 5.72. The SMILES string of the molecule is COc1ccc(CCNC(=O)/C(C#N)=C\Nc2cc([N+](=O)[O-])ccc2Cl)cc1. The molecule has 9 heteroatoms. The molecule has 144 valence electrons. The molecule has 0 saturated heterocycles. The smallest absolute Gasteiger partial charge is 0.271 e. The van der Waals surface area contributed by atoms with Crippen LogP contribution in [0, 0.1) is 21.4 Å². The summed E-state index contributed by atoms with van der Waals surface area (Å²) in [7, 11) is 1.58. The molecule has 0 bridgehead atoms. The standard InChI is InChI=1S/C19H17ClN4O4/c1-28-16-5-2-13(3-6-16)8-9-22-19(25)14(11-21)12-23-18-10-15(24(26)27)4-7-17(18)20/h2-7,10,12,23H,8-9H2,1H3,(H,22,25)/b14-12-. The predicted molar refractivity (Wildman–Crippen MR) is 105 cm³/mol. The average molecular weight is 401 g/mol. The number of nitriles is 1. The lowest BCUT2D eigenvalue weighted by Gasteiger charge is -2.07. The summed E-state index contributed by atoms with van der Waals surface area (Å²) in [5.74, 6) is 0.179. The number of hydrogen-bond donors (Lipinski definition) is 2. The Morgan fingerprint density at radius 3 is 2.64 bits per heavy atom. The monoisotopic (exact) mass is 400 g/mol. The van der Waals surface area contributed by atoms with Gasteiger partial charge in [-0.15, -0.1) is 0 Å². The van der Waals surface area contributed by atoms with Crippen molar-refractivity contribution in [3.63, 3.8) is 0 Å². The van der Waals surface area contributed by atoms with Crippen molar-refractivity contribution in [2.45, 2.75) is 6.42 Å². The minimum absolute atomic E-state index is 0.164. The molecule has 28 heavy (non-hydrogen) atoms. The molecule has 0 spiro atoms. The normalized spacial score (nSPS) is 10.7. The van der Waals surface area contributed by atoms with E-state index < -0.39 is 10.8 Å². The Morgan fingerprint density at radius 2 is 2.04 bits per heavy atom. The van der Waals surface area contributed by atoms with Gasteiger partial charge in [0.2, 0.25) is 0 Å². The van der Waals surface area contributed by atoms with Crippen molar-refractivity contribution in [2.75, 3.05) is 19.0 Å². The fourth-order valence-electron chi connectivity index (χ4n) is 2.24. The molecular weight excluding hydrogens is 384 g/mol. The number of benzene rings is 2. The Hall–Kier alpha value is -3.57. The Bertz CT molecular complexity index is 936. The molecule has 2 N–H and O–H groups in total. The van der Waals surface area contributed by atoms with E-state index in [9.17, 15) is 20.2 Å². The summed E-state index contributed by atoms with van der Waals surface area (Å²) in [5.41, 5.74) is 0.875. The fourth-order valence-corrected chi connectivity index (χ4v) is 2.42. The largest absolute Gasteiger partial charge is 0.497 e. The number of nitro benzene ring substituents is 1. The van der Waals surface area contributed by atoms with Crippen LogP contribution in [0.5, 0.6) is 5.75 Å². The maximum atomic E-state index is 12.1. The third-order valence-corrected chi connectivity index (χ3v) is 4.09. The van der Waals surface area contributed by atoms with Crippen LogP contribution in [-0.2, 0) is 11.2 Å². The highest BCUT2D eigenvalue weighted by atomic mass is 35.5. The van der Waals surface area contributed by atoms with Crippen molar-refractivity contribution in [1.29, 1.82) is 5.26 Å². The van der Waals surface area contributed by atoms with Crippen molar-refractivity contribution in [2.24, 2.45) is 0 Å². The zero-order chi connectivity index (χ0) is 20.5. The van der Waals surface area contributed by atoms with Crippen molar-refractivity contribution in [3.8, 4) is 11.8 Å². The van der Waals surface area contributed by atoms with Crippen molar-refractivity contribution < 1.29 is 14.5 Å². The number of methoxy groups -OCH3 is 1. The molecule has 0 aliphatic heterocycles. The number of hydrogen-bond acceptors (Lipinski definition) is 6. The topological polar surface area (TPSA) is 117 Å². The Morgan fingerprint density at radius 1 is 1.32 bits per heavy atom. The number of halogens is 1. The van der Waals surface area contributed by atoms with Crippen LogP contribution in [0.25, 0.3) is 0 Å². The first-order valence-corrected chi connectivity index (χ1v) is 8.54. The highest BCUT2D eigenvalue weighted by Gasteiger charge is 2.11. The van der Waals surface area contributed by atoms with Crippen LogP contribution < -0.4 is 15.4 Å². The Balaban J connectivity index is 1.96. The first-order chi connectivity index (χ1) is 13.4.